The summed E-state index contributed by atoms with van der Waals surface area (Å²) in [6.45, 7) is 3.58. The van der Waals surface area contributed by atoms with E-state index in [0.717, 1.165) is 24.6 Å². The number of hydrogen-bond acceptors (Lipinski definition) is 3. The van der Waals surface area contributed by atoms with Gasteiger partial charge in [-0.15, -0.1) is 0 Å². The van der Waals surface area contributed by atoms with Gasteiger partial charge in [-0.2, -0.15) is 0 Å². The van der Waals surface area contributed by atoms with Crippen LogP contribution in [0.2, 0.25) is 0 Å². The van der Waals surface area contributed by atoms with E-state index in [0.29, 0.717) is 6.61 Å². The maximum Gasteiger partial charge on any atom is 0.207 e. The van der Waals surface area contributed by atoms with Crippen molar-refractivity contribution in [2.45, 2.75) is 13.3 Å². The van der Waals surface area contributed by atoms with Gasteiger partial charge in [-0.25, -0.2) is 4.98 Å². The molecule has 2 aromatic rings. The molecule has 0 atom stereocenters. The highest BCUT2D eigenvalue weighted by Crippen LogP contribution is 2.16. The topological polar surface area (TPSA) is 39.1 Å². The van der Waals surface area contributed by atoms with Crippen LogP contribution in [0.25, 0.3) is 5.69 Å². The highest BCUT2D eigenvalue weighted by Gasteiger charge is 2.04. The molecular weight excluding hydrogens is 226 g/mol. The quantitative estimate of drug-likeness (QED) is 0.795. The minimum Gasteiger partial charge on any atom is -0.383 e. The van der Waals surface area contributed by atoms with Crippen LogP contribution in [0, 0.1) is 0 Å². The maximum absolute atomic E-state index is 5.02. The van der Waals surface area contributed by atoms with Crippen molar-refractivity contribution in [3.05, 3.63) is 42.2 Å². The normalized spacial score (nSPS) is 10.6. The minimum absolute atomic E-state index is 0.669. The summed E-state index contributed by atoms with van der Waals surface area (Å²) < 4.78 is 7.07. The van der Waals surface area contributed by atoms with Gasteiger partial charge < -0.3 is 10.1 Å². The van der Waals surface area contributed by atoms with Crippen LogP contribution in [0.3, 0.4) is 0 Å². The zero-order valence-corrected chi connectivity index (χ0v) is 10.9. The molecule has 1 N–H and O–H groups in total. The van der Waals surface area contributed by atoms with Crippen LogP contribution in [0.4, 0.5) is 5.95 Å². The number of nitrogens with zero attached hydrogens (tertiary/aromatic N) is 2. The Morgan fingerprint density at radius 2 is 2.28 bits per heavy atom. The predicted octanol–water partition coefficient (Wildman–Crippen LogP) is 2.49. The molecule has 0 radical (unpaired) electrons. The molecule has 1 heterocycles. The van der Waals surface area contributed by atoms with Crippen molar-refractivity contribution in [1.29, 1.82) is 0 Å². The van der Waals surface area contributed by atoms with E-state index in [1.807, 2.05) is 6.20 Å². The number of aryl methyl sites for hydroxylation is 1. The third-order valence-corrected chi connectivity index (χ3v) is 2.83. The lowest BCUT2D eigenvalue weighted by molar-refractivity contribution is 0.210. The van der Waals surface area contributed by atoms with E-state index in [1.165, 1.54) is 5.56 Å². The molecule has 0 amide bonds. The SMILES string of the molecule is CCc1cccc(-n2ccnc2NCCOC)c1. The van der Waals surface area contributed by atoms with Crippen LogP contribution in [-0.4, -0.2) is 29.8 Å². The molecule has 96 valence electrons. The van der Waals surface area contributed by atoms with Crippen molar-refractivity contribution in [3.8, 4) is 5.69 Å². The smallest absolute Gasteiger partial charge is 0.207 e. The second-order valence-electron chi connectivity index (χ2n) is 4.06. The van der Waals surface area contributed by atoms with E-state index in [-0.39, 0.29) is 0 Å². The summed E-state index contributed by atoms with van der Waals surface area (Å²) in [5.41, 5.74) is 2.45. The molecule has 0 saturated carbocycles. The average molecular weight is 245 g/mol. The van der Waals surface area contributed by atoms with E-state index in [1.54, 1.807) is 13.3 Å². The highest BCUT2D eigenvalue weighted by atomic mass is 16.5. The van der Waals surface area contributed by atoms with Crippen LogP contribution >= 0.6 is 0 Å². The number of benzene rings is 1. The molecule has 0 unspecified atom stereocenters. The van der Waals surface area contributed by atoms with Gasteiger partial charge in [-0.05, 0) is 24.1 Å². The predicted molar refractivity (Wildman–Crippen MR) is 73.3 cm³/mol. The fourth-order valence-electron chi connectivity index (χ4n) is 1.83. The van der Waals surface area contributed by atoms with Crippen molar-refractivity contribution < 1.29 is 4.74 Å². The van der Waals surface area contributed by atoms with Crippen molar-refractivity contribution in [1.82, 2.24) is 9.55 Å². The van der Waals surface area contributed by atoms with E-state index in [4.69, 9.17) is 4.74 Å². The molecular formula is C14H19N3O. The van der Waals surface area contributed by atoms with E-state index < -0.39 is 0 Å². The summed E-state index contributed by atoms with van der Waals surface area (Å²) in [6, 6.07) is 8.48. The van der Waals surface area contributed by atoms with Crippen LogP contribution in [0.5, 0.6) is 0 Å². The molecule has 4 nitrogen and oxygen atoms in total. The van der Waals surface area contributed by atoms with Crippen LogP contribution < -0.4 is 5.32 Å². The first-order chi connectivity index (χ1) is 8.85. The van der Waals surface area contributed by atoms with Crippen molar-refractivity contribution in [2.24, 2.45) is 0 Å². The number of ether oxygens (including phenoxy) is 1. The van der Waals surface area contributed by atoms with Gasteiger partial charge in [0.05, 0.1) is 6.61 Å². The molecule has 2 rings (SSSR count). The lowest BCUT2D eigenvalue weighted by Crippen LogP contribution is -2.11. The molecule has 1 aromatic heterocycles. The van der Waals surface area contributed by atoms with Crippen molar-refractivity contribution in [3.63, 3.8) is 0 Å². The second kappa shape index (κ2) is 6.21. The monoisotopic (exact) mass is 245 g/mol. The molecule has 1 aromatic carbocycles. The molecule has 0 saturated heterocycles. The second-order valence-corrected chi connectivity index (χ2v) is 4.06. The standard InChI is InChI=1S/C14H19N3O/c1-3-12-5-4-6-13(11-12)17-9-7-15-14(17)16-8-10-18-2/h4-7,9,11H,3,8,10H2,1-2H3,(H,15,16). The highest BCUT2D eigenvalue weighted by molar-refractivity contribution is 5.43. The summed E-state index contributed by atoms with van der Waals surface area (Å²) >= 11 is 0. The Bertz CT molecular complexity index is 493. The first kappa shape index (κ1) is 12.6. The number of nitrogens with one attached hydrogen (secondary N) is 1. The largest absolute Gasteiger partial charge is 0.383 e. The number of methoxy groups -OCH3 is 1. The average Bonchev–Trinajstić information content (AvgIpc) is 2.87. The van der Waals surface area contributed by atoms with Crippen molar-refractivity contribution in [2.75, 3.05) is 25.6 Å². The lowest BCUT2D eigenvalue weighted by Gasteiger charge is -2.10. The van der Waals surface area contributed by atoms with Gasteiger partial charge >= 0.3 is 0 Å². The van der Waals surface area contributed by atoms with Crippen LogP contribution in [0.15, 0.2) is 36.7 Å². The first-order valence-electron chi connectivity index (χ1n) is 6.20. The zero-order valence-electron chi connectivity index (χ0n) is 10.9. The molecule has 0 aliphatic carbocycles. The summed E-state index contributed by atoms with van der Waals surface area (Å²) in [4.78, 5) is 4.32. The van der Waals surface area contributed by atoms with Gasteiger partial charge in [0.2, 0.25) is 5.95 Å². The minimum atomic E-state index is 0.669. The number of aromatic nitrogens is 2. The molecule has 0 aliphatic heterocycles. The molecule has 18 heavy (non-hydrogen) atoms. The summed E-state index contributed by atoms with van der Waals surface area (Å²) in [6.07, 6.45) is 4.80. The fraction of sp³-hybridized carbons (Fsp3) is 0.357. The molecule has 0 bridgehead atoms. The number of rotatable bonds is 6. The Morgan fingerprint density at radius 3 is 3.06 bits per heavy atom. The Balaban J connectivity index is 2.19. The zero-order chi connectivity index (χ0) is 12.8. The third kappa shape index (κ3) is 2.90. The first-order valence-corrected chi connectivity index (χ1v) is 6.20. The van der Waals surface area contributed by atoms with Gasteiger partial charge in [-0.3, -0.25) is 4.57 Å². The number of imidazole rings is 1. The van der Waals surface area contributed by atoms with Gasteiger partial charge in [0.1, 0.15) is 0 Å². The summed E-state index contributed by atoms with van der Waals surface area (Å²) in [5.74, 6) is 0.848. The summed E-state index contributed by atoms with van der Waals surface area (Å²) in [7, 11) is 1.69. The van der Waals surface area contributed by atoms with Gasteiger partial charge in [0.25, 0.3) is 0 Å². The lowest BCUT2D eigenvalue weighted by atomic mass is 10.1. The Labute approximate surface area is 108 Å². The van der Waals surface area contributed by atoms with Gasteiger partial charge in [0.15, 0.2) is 0 Å². The van der Waals surface area contributed by atoms with E-state index in [2.05, 4.69) is 46.1 Å². The van der Waals surface area contributed by atoms with E-state index >= 15 is 0 Å². The summed E-state index contributed by atoms with van der Waals surface area (Å²) in [5, 5.41) is 3.26. The molecule has 4 heteroatoms. The fourth-order valence-corrected chi connectivity index (χ4v) is 1.83. The van der Waals surface area contributed by atoms with Crippen LogP contribution in [-0.2, 0) is 11.2 Å². The molecule has 0 aliphatic rings. The van der Waals surface area contributed by atoms with Crippen LogP contribution in [0.1, 0.15) is 12.5 Å². The third-order valence-electron chi connectivity index (χ3n) is 2.83. The Morgan fingerprint density at radius 1 is 1.39 bits per heavy atom. The number of hydrogen-bond donors (Lipinski definition) is 1. The molecule has 0 spiro atoms. The molecule has 0 fully saturated rings. The number of anilines is 1. The van der Waals surface area contributed by atoms with Gasteiger partial charge in [-0.1, -0.05) is 19.1 Å². The van der Waals surface area contributed by atoms with E-state index in [9.17, 15) is 0 Å². The maximum atomic E-state index is 5.02. The van der Waals surface area contributed by atoms with Gasteiger partial charge in [0, 0.05) is 31.7 Å². The Kier molecular flexibility index (Phi) is 4.36. The Hall–Kier alpha value is -1.81. The van der Waals surface area contributed by atoms with Crippen molar-refractivity contribution >= 4 is 5.95 Å².